The van der Waals surface area contributed by atoms with Gasteiger partial charge in [-0.15, -0.1) is 24.8 Å². The lowest BCUT2D eigenvalue weighted by Crippen LogP contribution is -2.42. The molecule has 7 heteroatoms. The van der Waals surface area contributed by atoms with E-state index in [1.807, 2.05) is 22.8 Å². The molecule has 0 bridgehead atoms. The van der Waals surface area contributed by atoms with Gasteiger partial charge in [-0.3, -0.25) is 4.57 Å². The van der Waals surface area contributed by atoms with Crippen LogP contribution >= 0.6 is 24.8 Å². The molecule has 1 aromatic heterocycles. The molecule has 2 aromatic rings. The zero-order valence-electron chi connectivity index (χ0n) is 14.9. The predicted molar refractivity (Wildman–Crippen MR) is 110 cm³/mol. The normalized spacial score (nSPS) is 29.3. The van der Waals surface area contributed by atoms with E-state index in [-0.39, 0.29) is 30.5 Å². The van der Waals surface area contributed by atoms with Crippen molar-refractivity contribution in [2.24, 2.45) is 11.8 Å². The fourth-order valence-corrected chi connectivity index (χ4v) is 5.38. The van der Waals surface area contributed by atoms with E-state index in [4.69, 9.17) is 0 Å². The zero-order valence-corrected chi connectivity index (χ0v) is 16.5. The summed E-state index contributed by atoms with van der Waals surface area (Å²) >= 11 is 0. The van der Waals surface area contributed by atoms with E-state index in [9.17, 15) is 4.79 Å². The van der Waals surface area contributed by atoms with Crippen LogP contribution in [0.1, 0.15) is 31.7 Å². The van der Waals surface area contributed by atoms with Gasteiger partial charge in [-0.05, 0) is 62.7 Å². The van der Waals surface area contributed by atoms with Crippen molar-refractivity contribution in [1.82, 2.24) is 19.8 Å². The number of halogens is 2. The molecule has 2 atom stereocenters. The smallest absolute Gasteiger partial charge is 0.316 e. The van der Waals surface area contributed by atoms with Gasteiger partial charge in [-0.2, -0.15) is 0 Å². The lowest BCUT2D eigenvalue weighted by atomic mass is 10.0. The number of H-pyrrole nitrogens is 1. The first kappa shape index (κ1) is 19.7. The van der Waals surface area contributed by atoms with Crippen LogP contribution in [0.15, 0.2) is 29.1 Å². The molecule has 3 aliphatic rings. The molecule has 3 heterocycles. The number of aromatic nitrogens is 2. The summed E-state index contributed by atoms with van der Waals surface area (Å²) in [6, 6.07) is 9.18. The lowest BCUT2D eigenvalue weighted by molar-refractivity contribution is 0.132. The molecule has 1 aromatic carbocycles. The number of nitrogens with one attached hydrogen (secondary N) is 2. The molecule has 1 saturated carbocycles. The van der Waals surface area contributed by atoms with E-state index >= 15 is 0 Å². The number of fused-ring (bicyclic) bond motifs is 2. The highest BCUT2D eigenvalue weighted by molar-refractivity contribution is 5.85. The van der Waals surface area contributed by atoms with Gasteiger partial charge in [-0.1, -0.05) is 12.1 Å². The first-order valence-electron chi connectivity index (χ1n) is 9.43. The minimum absolute atomic E-state index is 0. The molecule has 26 heavy (non-hydrogen) atoms. The third-order valence-electron chi connectivity index (χ3n) is 6.63. The third-order valence-corrected chi connectivity index (χ3v) is 6.63. The second-order valence-corrected chi connectivity index (χ2v) is 7.89. The molecule has 2 aliphatic heterocycles. The molecule has 0 radical (unpaired) electrons. The predicted octanol–water partition coefficient (Wildman–Crippen LogP) is 2.81. The van der Waals surface area contributed by atoms with Crippen LogP contribution in [0.3, 0.4) is 0 Å². The first-order chi connectivity index (χ1) is 11.8. The Kier molecular flexibility index (Phi) is 6.02. The molecule has 0 amide bonds. The molecule has 2 N–H and O–H groups in total. The number of para-hydroxylation sites is 2. The quantitative estimate of drug-likeness (QED) is 0.817. The van der Waals surface area contributed by atoms with Crippen LogP contribution in [-0.2, 0) is 0 Å². The Morgan fingerprint density at radius 2 is 1.58 bits per heavy atom. The molecule has 3 fully saturated rings. The Morgan fingerprint density at radius 1 is 0.923 bits per heavy atom. The number of aromatic amines is 1. The summed E-state index contributed by atoms with van der Waals surface area (Å²) < 4.78 is 2.00. The second kappa shape index (κ2) is 7.93. The average molecular weight is 399 g/mol. The zero-order chi connectivity index (χ0) is 16.1. The highest BCUT2D eigenvalue weighted by Gasteiger charge is 2.40. The monoisotopic (exact) mass is 398 g/mol. The number of hydrogen-bond donors (Lipinski definition) is 2. The summed E-state index contributed by atoms with van der Waals surface area (Å²) in [5.74, 6) is 1.81. The summed E-state index contributed by atoms with van der Waals surface area (Å²) in [6.07, 6.45) is 4.92. The first-order valence-corrected chi connectivity index (χ1v) is 9.43. The van der Waals surface area contributed by atoms with Crippen LogP contribution in [0, 0.1) is 11.8 Å². The number of piperidine rings is 1. The number of rotatable bonds is 2. The molecular formula is C19H28Cl2N4O. The van der Waals surface area contributed by atoms with Crippen molar-refractivity contribution in [3.8, 4) is 0 Å². The van der Waals surface area contributed by atoms with Gasteiger partial charge < -0.3 is 15.2 Å². The summed E-state index contributed by atoms with van der Waals surface area (Å²) in [4.78, 5) is 18.1. The van der Waals surface area contributed by atoms with Gasteiger partial charge in [0, 0.05) is 25.2 Å². The fraction of sp³-hybridized carbons (Fsp3) is 0.632. The van der Waals surface area contributed by atoms with Crippen molar-refractivity contribution in [2.75, 3.05) is 26.2 Å². The summed E-state index contributed by atoms with van der Waals surface area (Å²) in [5.41, 5.74) is 2.07. The molecule has 5 rings (SSSR count). The van der Waals surface area contributed by atoms with Crippen molar-refractivity contribution in [3.05, 3.63) is 34.7 Å². The number of nitrogens with zero attached hydrogens (tertiary/aromatic N) is 2. The second-order valence-electron chi connectivity index (χ2n) is 7.89. The lowest BCUT2D eigenvalue weighted by Gasteiger charge is -2.36. The van der Waals surface area contributed by atoms with Crippen LogP contribution in [-0.4, -0.2) is 46.7 Å². The SMILES string of the molecule is Cl.Cl.O=c1[nH]c2ccccc2n1C1CCN(C2CC3CNCC3C2)CC1. The fourth-order valence-electron chi connectivity index (χ4n) is 5.38. The van der Waals surface area contributed by atoms with Gasteiger partial charge in [0.1, 0.15) is 0 Å². The molecule has 144 valence electrons. The maximum Gasteiger partial charge on any atom is 0.326 e. The largest absolute Gasteiger partial charge is 0.326 e. The number of hydrogen-bond acceptors (Lipinski definition) is 3. The highest BCUT2D eigenvalue weighted by Crippen LogP contribution is 2.38. The Morgan fingerprint density at radius 3 is 2.27 bits per heavy atom. The van der Waals surface area contributed by atoms with Gasteiger partial charge in [-0.25, -0.2) is 4.79 Å². The summed E-state index contributed by atoms with van der Waals surface area (Å²) in [6.45, 7) is 4.72. The van der Waals surface area contributed by atoms with Gasteiger partial charge in [0.25, 0.3) is 0 Å². The van der Waals surface area contributed by atoms with Crippen LogP contribution in [0.2, 0.25) is 0 Å². The highest BCUT2D eigenvalue weighted by atomic mass is 35.5. The van der Waals surface area contributed by atoms with E-state index < -0.39 is 0 Å². The topological polar surface area (TPSA) is 53.1 Å². The number of likely N-dealkylation sites (tertiary alicyclic amines) is 1. The Hall–Kier alpha value is -1.01. The van der Waals surface area contributed by atoms with Crippen LogP contribution in [0.5, 0.6) is 0 Å². The number of benzene rings is 1. The third kappa shape index (κ3) is 3.31. The van der Waals surface area contributed by atoms with Gasteiger partial charge in [0.2, 0.25) is 0 Å². The van der Waals surface area contributed by atoms with Crippen molar-refractivity contribution in [2.45, 2.75) is 37.8 Å². The van der Waals surface area contributed by atoms with Crippen molar-refractivity contribution >= 4 is 35.8 Å². The summed E-state index contributed by atoms with van der Waals surface area (Å²) in [5, 5.41) is 3.54. The molecule has 0 spiro atoms. The maximum atomic E-state index is 12.4. The van der Waals surface area contributed by atoms with Crippen molar-refractivity contribution in [1.29, 1.82) is 0 Å². The molecular weight excluding hydrogens is 371 g/mol. The molecule has 2 saturated heterocycles. The Labute approximate surface area is 166 Å². The summed E-state index contributed by atoms with van der Waals surface area (Å²) in [7, 11) is 0. The van der Waals surface area contributed by atoms with Crippen molar-refractivity contribution in [3.63, 3.8) is 0 Å². The van der Waals surface area contributed by atoms with Gasteiger partial charge in [0.15, 0.2) is 0 Å². The molecule has 5 nitrogen and oxygen atoms in total. The van der Waals surface area contributed by atoms with Gasteiger partial charge >= 0.3 is 5.69 Å². The van der Waals surface area contributed by atoms with Crippen LogP contribution in [0.4, 0.5) is 0 Å². The van der Waals surface area contributed by atoms with Crippen molar-refractivity contribution < 1.29 is 0 Å². The molecule has 2 unspecified atom stereocenters. The van der Waals surface area contributed by atoms with E-state index in [0.29, 0.717) is 6.04 Å². The average Bonchev–Trinajstić information content (AvgIpc) is 3.26. The Balaban J connectivity index is 0.000000980. The van der Waals surface area contributed by atoms with Gasteiger partial charge in [0.05, 0.1) is 11.0 Å². The minimum Gasteiger partial charge on any atom is -0.316 e. The standard InChI is InChI=1S/C19H26N4O.2ClH/c24-19-21-17-3-1-2-4-18(17)23(19)15-5-7-22(8-6-15)16-9-13-11-20-12-14(13)10-16;;/h1-4,13-16,20H,5-12H2,(H,21,24);2*1H. The Bertz CT molecular complexity index is 784. The van der Waals surface area contributed by atoms with E-state index in [2.05, 4.69) is 21.3 Å². The maximum absolute atomic E-state index is 12.4. The molecule has 1 aliphatic carbocycles. The number of imidazole rings is 1. The minimum atomic E-state index is 0. The van der Waals surface area contributed by atoms with E-state index in [1.165, 1.54) is 25.9 Å². The van der Waals surface area contributed by atoms with E-state index in [1.54, 1.807) is 0 Å². The van der Waals surface area contributed by atoms with E-state index in [0.717, 1.165) is 54.8 Å². The van der Waals surface area contributed by atoms with Crippen LogP contribution < -0.4 is 11.0 Å². The van der Waals surface area contributed by atoms with Crippen LogP contribution in [0.25, 0.3) is 11.0 Å².